The van der Waals surface area contributed by atoms with Gasteiger partial charge in [0, 0.05) is 29.9 Å². The lowest BCUT2D eigenvalue weighted by molar-refractivity contribution is 0.0953. The van der Waals surface area contributed by atoms with E-state index in [1.165, 1.54) is 6.20 Å². The monoisotopic (exact) mass is 219 g/mol. The standard InChI is InChI=1S/C10H13N5O/c1-8-3-4-9(7-13-8)10(16)12-5-2-6-14-15-11/h3-4,7H,2,5-6H2,1H3,(H,12,16). The Morgan fingerprint density at radius 3 is 3.06 bits per heavy atom. The Morgan fingerprint density at radius 2 is 2.44 bits per heavy atom. The van der Waals surface area contributed by atoms with Crippen molar-refractivity contribution >= 4 is 5.91 Å². The zero-order valence-electron chi connectivity index (χ0n) is 9.05. The molecule has 0 saturated carbocycles. The Balaban J connectivity index is 2.35. The molecule has 16 heavy (non-hydrogen) atoms. The van der Waals surface area contributed by atoms with Gasteiger partial charge in [-0.15, -0.1) is 0 Å². The number of aromatic nitrogens is 1. The minimum Gasteiger partial charge on any atom is -0.352 e. The molecule has 1 N–H and O–H groups in total. The molecule has 1 aromatic rings. The SMILES string of the molecule is Cc1ccc(C(=O)NCCCN=[N+]=[N-])cn1. The first-order chi connectivity index (χ1) is 7.74. The van der Waals surface area contributed by atoms with Crippen LogP contribution < -0.4 is 5.32 Å². The molecule has 0 unspecified atom stereocenters. The van der Waals surface area contributed by atoms with Gasteiger partial charge in [0.05, 0.1) is 5.56 Å². The van der Waals surface area contributed by atoms with Gasteiger partial charge in [0.1, 0.15) is 0 Å². The number of nitrogens with zero attached hydrogens (tertiary/aromatic N) is 4. The molecule has 1 aromatic heterocycles. The third-order valence-corrected chi connectivity index (χ3v) is 1.96. The summed E-state index contributed by atoms with van der Waals surface area (Å²) >= 11 is 0. The molecule has 0 atom stereocenters. The molecule has 0 aliphatic heterocycles. The molecule has 1 rings (SSSR count). The fourth-order valence-electron chi connectivity index (χ4n) is 1.10. The van der Waals surface area contributed by atoms with Gasteiger partial charge in [-0.25, -0.2) is 0 Å². The molecule has 0 aliphatic carbocycles. The minimum absolute atomic E-state index is 0.159. The van der Waals surface area contributed by atoms with E-state index >= 15 is 0 Å². The van der Waals surface area contributed by atoms with Gasteiger partial charge >= 0.3 is 0 Å². The van der Waals surface area contributed by atoms with E-state index in [1.54, 1.807) is 12.1 Å². The van der Waals surface area contributed by atoms with E-state index in [4.69, 9.17) is 5.53 Å². The number of pyridine rings is 1. The summed E-state index contributed by atoms with van der Waals surface area (Å²) in [5.41, 5.74) is 9.45. The average molecular weight is 219 g/mol. The van der Waals surface area contributed by atoms with Gasteiger partial charge in [-0.2, -0.15) is 0 Å². The highest BCUT2D eigenvalue weighted by Gasteiger charge is 2.03. The number of azide groups is 1. The number of aryl methyl sites for hydroxylation is 1. The van der Waals surface area contributed by atoms with E-state index in [0.717, 1.165) is 5.69 Å². The lowest BCUT2D eigenvalue weighted by Gasteiger charge is -2.03. The van der Waals surface area contributed by atoms with Crippen LogP contribution in [-0.2, 0) is 0 Å². The molecular formula is C10H13N5O. The van der Waals surface area contributed by atoms with Crippen LogP contribution in [0, 0.1) is 6.92 Å². The van der Waals surface area contributed by atoms with Gasteiger partial charge in [0.15, 0.2) is 0 Å². The lowest BCUT2D eigenvalue weighted by atomic mass is 10.2. The number of nitrogens with one attached hydrogen (secondary N) is 1. The summed E-state index contributed by atoms with van der Waals surface area (Å²) in [6, 6.07) is 3.51. The highest BCUT2D eigenvalue weighted by molar-refractivity contribution is 5.93. The van der Waals surface area contributed by atoms with Crippen molar-refractivity contribution in [2.24, 2.45) is 5.11 Å². The van der Waals surface area contributed by atoms with Crippen LogP contribution in [-0.4, -0.2) is 24.0 Å². The van der Waals surface area contributed by atoms with Crippen LogP contribution >= 0.6 is 0 Å². The fourth-order valence-corrected chi connectivity index (χ4v) is 1.10. The second-order valence-electron chi connectivity index (χ2n) is 3.25. The van der Waals surface area contributed by atoms with Crippen LogP contribution in [0.3, 0.4) is 0 Å². The molecule has 1 heterocycles. The van der Waals surface area contributed by atoms with Crippen molar-refractivity contribution in [1.82, 2.24) is 10.3 Å². The Bertz CT molecular complexity index is 394. The predicted molar refractivity (Wildman–Crippen MR) is 59.9 cm³/mol. The third kappa shape index (κ3) is 3.98. The average Bonchev–Trinajstić information content (AvgIpc) is 2.29. The number of carbonyl (C=O) groups excluding carboxylic acids is 1. The van der Waals surface area contributed by atoms with Gasteiger partial charge in [0.2, 0.25) is 0 Å². The number of amides is 1. The Labute approximate surface area is 93.3 Å². The van der Waals surface area contributed by atoms with Crippen LogP contribution in [0.5, 0.6) is 0 Å². The molecule has 6 nitrogen and oxygen atoms in total. The summed E-state index contributed by atoms with van der Waals surface area (Å²) in [6.45, 7) is 2.75. The second kappa shape index (κ2) is 6.42. The Hall–Kier alpha value is -2.07. The van der Waals surface area contributed by atoms with E-state index in [-0.39, 0.29) is 5.91 Å². The summed E-state index contributed by atoms with van der Waals surface area (Å²) in [5, 5.41) is 6.08. The molecule has 0 bridgehead atoms. The molecule has 0 aliphatic rings. The first kappa shape index (κ1) is 12.0. The zero-order valence-corrected chi connectivity index (χ0v) is 9.05. The van der Waals surface area contributed by atoms with Crippen LogP contribution in [0.1, 0.15) is 22.5 Å². The van der Waals surface area contributed by atoms with E-state index in [2.05, 4.69) is 20.3 Å². The molecule has 0 radical (unpaired) electrons. The largest absolute Gasteiger partial charge is 0.352 e. The fraction of sp³-hybridized carbons (Fsp3) is 0.400. The van der Waals surface area contributed by atoms with Crippen molar-refractivity contribution in [2.45, 2.75) is 13.3 Å². The van der Waals surface area contributed by atoms with E-state index in [9.17, 15) is 4.79 Å². The minimum atomic E-state index is -0.159. The number of hydrogen-bond acceptors (Lipinski definition) is 3. The van der Waals surface area contributed by atoms with E-state index in [1.807, 2.05) is 6.92 Å². The molecule has 0 fully saturated rings. The van der Waals surface area contributed by atoms with Gasteiger partial charge in [-0.3, -0.25) is 9.78 Å². The zero-order chi connectivity index (χ0) is 11.8. The van der Waals surface area contributed by atoms with Gasteiger partial charge in [0.25, 0.3) is 5.91 Å². The van der Waals surface area contributed by atoms with Crippen molar-refractivity contribution in [3.05, 3.63) is 40.0 Å². The van der Waals surface area contributed by atoms with Crippen LogP contribution in [0.4, 0.5) is 0 Å². The quantitative estimate of drug-likeness (QED) is 0.354. The number of carbonyl (C=O) groups is 1. The smallest absolute Gasteiger partial charge is 0.252 e. The summed E-state index contributed by atoms with van der Waals surface area (Å²) in [7, 11) is 0. The number of rotatable bonds is 5. The maximum absolute atomic E-state index is 11.5. The predicted octanol–water partition coefficient (Wildman–Crippen LogP) is 1.82. The van der Waals surface area contributed by atoms with Crippen LogP contribution in [0.2, 0.25) is 0 Å². The maximum Gasteiger partial charge on any atom is 0.252 e. The van der Waals surface area contributed by atoms with Crippen LogP contribution in [0.15, 0.2) is 23.4 Å². The summed E-state index contributed by atoms with van der Waals surface area (Å²) in [5.74, 6) is -0.159. The highest BCUT2D eigenvalue weighted by atomic mass is 16.1. The van der Waals surface area contributed by atoms with Gasteiger partial charge in [-0.05, 0) is 31.0 Å². The highest BCUT2D eigenvalue weighted by Crippen LogP contribution is 1.98. The third-order valence-electron chi connectivity index (χ3n) is 1.96. The first-order valence-electron chi connectivity index (χ1n) is 4.96. The molecule has 0 aromatic carbocycles. The topological polar surface area (TPSA) is 90.8 Å². The first-order valence-corrected chi connectivity index (χ1v) is 4.96. The van der Waals surface area contributed by atoms with Gasteiger partial charge < -0.3 is 5.32 Å². The molecule has 6 heteroatoms. The van der Waals surface area contributed by atoms with Crippen molar-refractivity contribution in [3.63, 3.8) is 0 Å². The van der Waals surface area contributed by atoms with Crippen LogP contribution in [0.25, 0.3) is 10.4 Å². The lowest BCUT2D eigenvalue weighted by Crippen LogP contribution is -2.24. The molecular weight excluding hydrogens is 206 g/mol. The molecule has 0 saturated heterocycles. The van der Waals surface area contributed by atoms with E-state index in [0.29, 0.717) is 25.1 Å². The maximum atomic E-state index is 11.5. The van der Waals surface area contributed by atoms with Gasteiger partial charge in [-0.1, -0.05) is 5.11 Å². The van der Waals surface area contributed by atoms with E-state index < -0.39 is 0 Å². The molecule has 1 amide bonds. The summed E-state index contributed by atoms with van der Waals surface area (Å²) < 4.78 is 0. The second-order valence-corrected chi connectivity index (χ2v) is 3.25. The Kier molecular flexibility index (Phi) is 4.82. The molecule has 0 spiro atoms. The normalized spacial score (nSPS) is 9.31. The summed E-state index contributed by atoms with van der Waals surface area (Å²) in [4.78, 5) is 18.2. The van der Waals surface area contributed by atoms with Crippen molar-refractivity contribution < 1.29 is 4.79 Å². The van der Waals surface area contributed by atoms with Crippen molar-refractivity contribution in [1.29, 1.82) is 0 Å². The Morgan fingerprint density at radius 1 is 1.62 bits per heavy atom. The number of hydrogen-bond donors (Lipinski definition) is 1. The van der Waals surface area contributed by atoms with Crippen molar-refractivity contribution in [3.8, 4) is 0 Å². The summed E-state index contributed by atoms with van der Waals surface area (Å²) in [6.07, 6.45) is 2.17. The van der Waals surface area contributed by atoms with Crippen molar-refractivity contribution in [2.75, 3.05) is 13.1 Å². The molecule has 84 valence electrons.